The Balaban J connectivity index is 1.65. The number of benzene rings is 1. The van der Waals surface area contributed by atoms with Gasteiger partial charge in [-0.3, -0.25) is 14.2 Å². The van der Waals surface area contributed by atoms with E-state index in [1.807, 2.05) is 0 Å². The Morgan fingerprint density at radius 3 is 2.46 bits per heavy atom. The molecule has 11 heteroatoms. The van der Waals surface area contributed by atoms with Gasteiger partial charge in [0.2, 0.25) is 5.91 Å². The van der Waals surface area contributed by atoms with Crippen LogP contribution in [0.4, 0.5) is 19.0 Å². The van der Waals surface area contributed by atoms with Gasteiger partial charge in [-0.25, -0.2) is 0 Å². The number of nitrogens with one attached hydrogen (secondary N) is 1. The third kappa shape index (κ3) is 4.66. The van der Waals surface area contributed by atoms with Crippen molar-refractivity contribution in [2.75, 3.05) is 5.32 Å². The lowest BCUT2D eigenvalue weighted by Gasteiger charge is -2.07. The van der Waals surface area contributed by atoms with Crippen LogP contribution in [-0.4, -0.2) is 25.5 Å². The summed E-state index contributed by atoms with van der Waals surface area (Å²) in [7, 11) is 0. The molecule has 0 saturated heterocycles. The summed E-state index contributed by atoms with van der Waals surface area (Å²) in [5.74, 6) is -0.310. The van der Waals surface area contributed by atoms with Crippen LogP contribution in [0.1, 0.15) is 17.0 Å². The van der Waals surface area contributed by atoms with Crippen molar-refractivity contribution in [3.05, 3.63) is 63.5 Å². The molecular formula is C17H14Cl2F3N5O. The van der Waals surface area contributed by atoms with Crippen LogP contribution in [0, 0.1) is 6.92 Å². The predicted octanol–water partition coefficient (Wildman–Crippen LogP) is 4.40. The largest absolute Gasteiger partial charge is 0.435 e. The molecule has 0 aliphatic heterocycles. The van der Waals surface area contributed by atoms with Crippen LogP contribution in [0.5, 0.6) is 0 Å². The molecule has 0 bridgehead atoms. The first-order valence-electron chi connectivity index (χ1n) is 8.01. The molecule has 0 fully saturated rings. The number of hydrogen-bond acceptors (Lipinski definition) is 3. The smallest absolute Gasteiger partial charge is 0.308 e. The average molecular weight is 432 g/mol. The Labute approximate surface area is 167 Å². The van der Waals surface area contributed by atoms with Gasteiger partial charge in [-0.2, -0.15) is 23.4 Å². The van der Waals surface area contributed by atoms with Gasteiger partial charge in [-0.15, -0.1) is 0 Å². The second-order valence-corrected chi connectivity index (χ2v) is 6.79. The van der Waals surface area contributed by atoms with Crippen LogP contribution < -0.4 is 5.32 Å². The second-order valence-electron chi connectivity index (χ2n) is 5.97. The van der Waals surface area contributed by atoms with E-state index in [1.165, 1.54) is 11.6 Å². The molecule has 2 heterocycles. The van der Waals surface area contributed by atoms with Crippen LogP contribution in [0.3, 0.4) is 0 Å². The number of aromatic nitrogens is 4. The monoisotopic (exact) mass is 431 g/mol. The van der Waals surface area contributed by atoms with Crippen LogP contribution in [-0.2, 0) is 24.1 Å². The summed E-state index contributed by atoms with van der Waals surface area (Å²) < 4.78 is 40.6. The number of carbonyl (C=O) groups excluding carboxylic acids is 1. The van der Waals surface area contributed by atoms with Gasteiger partial charge < -0.3 is 5.32 Å². The van der Waals surface area contributed by atoms with Crippen molar-refractivity contribution in [3.63, 3.8) is 0 Å². The molecule has 0 radical (unpaired) electrons. The maximum atomic E-state index is 12.7. The quantitative estimate of drug-likeness (QED) is 0.650. The Hall–Kier alpha value is -2.52. The molecule has 2 aromatic heterocycles. The zero-order valence-electron chi connectivity index (χ0n) is 14.5. The summed E-state index contributed by atoms with van der Waals surface area (Å²) in [6, 6.07) is 7.58. The van der Waals surface area contributed by atoms with Crippen molar-refractivity contribution in [1.82, 2.24) is 19.6 Å². The summed E-state index contributed by atoms with van der Waals surface area (Å²) in [6.45, 7) is 1.37. The molecule has 0 saturated carbocycles. The van der Waals surface area contributed by atoms with E-state index in [4.69, 9.17) is 23.2 Å². The number of rotatable bonds is 5. The Bertz CT molecular complexity index is 992. The van der Waals surface area contributed by atoms with E-state index < -0.39 is 17.8 Å². The fourth-order valence-electron chi connectivity index (χ4n) is 2.49. The van der Waals surface area contributed by atoms with Gasteiger partial charge in [0.15, 0.2) is 11.5 Å². The first-order chi connectivity index (χ1) is 13.1. The van der Waals surface area contributed by atoms with Gasteiger partial charge in [0.25, 0.3) is 0 Å². The summed E-state index contributed by atoms with van der Waals surface area (Å²) in [5, 5.41) is 11.1. The topological polar surface area (TPSA) is 64.7 Å². The van der Waals surface area contributed by atoms with E-state index in [0.717, 1.165) is 10.7 Å². The van der Waals surface area contributed by atoms with Gasteiger partial charge >= 0.3 is 6.18 Å². The molecule has 3 aromatic rings. The predicted molar refractivity (Wildman–Crippen MR) is 98.4 cm³/mol. The highest BCUT2D eigenvalue weighted by Crippen LogP contribution is 2.28. The van der Waals surface area contributed by atoms with Gasteiger partial charge in [-0.1, -0.05) is 29.3 Å². The van der Waals surface area contributed by atoms with Gasteiger partial charge in [0.1, 0.15) is 6.54 Å². The SMILES string of the molecule is Cc1cc(C(F)(F)F)nn1CC(=O)Nc1ccn(Cc2c(Cl)cccc2Cl)n1. The average Bonchev–Trinajstić information content (AvgIpc) is 3.18. The Morgan fingerprint density at radius 1 is 1.18 bits per heavy atom. The molecular weight excluding hydrogens is 418 g/mol. The molecule has 0 spiro atoms. The lowest BCUT2D eigenvalue weighted by molar-refractivity contribution is -0.141. The molecule has 0 aliphatic carbocycles. The van der Waals surface area contributed by atoms with E-state index in [1.54, 1.807) is 30.5 Å². The second kappa shape index (κ2) is 7.84. The van der Waals surface area contributed by atoms with Gasteiger partial charge in [-0.05, 0) is 25.1 Å². The normalized spacial score (nSPS) is 11.6. The number of halogens is 5. The molecule has 1 amide bonds. The molecule has 0 atom stereocenters. The van der Waals surface area contributed by atoms with Crippen molar-refractivity contribution in [2.45, 2.75) is 26.2 Å². The number of nitrogens with zero attached hydrogens (tertiary/aromatic N) is 4. The highest BCUT2D eigenvalue weighted by Gasteiger charge is 2.34. The summed E-state index contributed by atoms with van der Waals surface area (Å²) in [6.07, 6.45) is -2.94. The van der Waals surface area contributed by atoms with E-state index in [0.29, 0.717) is 22.2 Å². The number of anilines is 1. The van der Waals surface area contributed by atoms with Crippen molar-refractivity contribution < 1.29 is 18.0 Å². The van der Waals surface area contributed by atoms with E-state index >= 15 is 0 Å². The summed E-state index contributed by atoms with van der Waals surface area (Å²) in [4.78, 5) is 12.1. The fourth-order valence-corrected chi connectivity index (χ4v) is 3.01. The van der Waals surface area contributed by atoms with Crippen molar-refractivity contribution in [3.8, 4) is 0 Å². The molecule has 1 N–H and O–H groups in total. The van der Waals surface area contributed by atoms with Crippen molar-refractivity contribution >= 4 is 34.9 Å². The molecule has 1 aromatic carbocycles. The molecule has 3 rings (SSSR count). The highest BCUT2D eigenvalue weighted by atomic mass is 35.5. The zero-order chi connectivity index (χ0) is 20.5. The molecule has 0 aliphatic rings. The lowest BCUT2D eigenvalue weighted by atomic mass is 10.2. The first kappa shape index (κ1) is 20.2. The van der Waals surface area contributed by atoms with E-state index in [-0.39, 0.29) is 18.1 Å². The third-order valence-corrected chi connectivity index (χ3v) is 4.56. The number of amides is 1. The molecule has 6 nitrogen and oxygen atoms in total. The number of aryl methyl sites for hydroxylation is 1. The third-order valence-electron chi connectivity index (χ3n) is 3.85. The maximum absolute atomic E-state index is 12.7. The van der Waals surface area contributed by atoms with Crippen LogP contribution in [0.25, 0.3) is 0 Å². The van der Waals surface area contributed by atoms with Crippen LogP contribution in [0.2, 0.25) is 10.0 Å². The standard InChI is InChI=1S/C17H14Cl2F3N5O/c1-10-7-14(17(20,21)22)24-27(10)9-16(28)23-15-5-6-26(25-15)8-11-12(18)3-2-4-13(11)19/h2-7H,8-9H2,1H3,(H,23,25,28). The minimum absolute atomic E-state index is 0.223. The van der Waals surface area contributed by atoms with E-state index in [2.05, 4.69) is 15.5 Å². The maximum Gasteiger partial charge on any atom is 0.435 e. The molecule has 0 unspecified atom stereocenters. The number of alkyl halides is 3. The lowest BCUT2D eigenvalue weighted by Crippen LogP contribution is -2.21. The minimum atomic E-state index is -4.56. The van der Waals surface area contributed by atoms with Crippen LogP contribution >= 0.6 is 23.2 Å². The van der Waals surface area contributed by atoms with Crippen LogP contribution in [0.15, 0.2) is 36.5 Å². The zero-order valence-corrected chi connectivity index (χ0v) is 16.0. The van der Waals surface area contributed by atoms with Gasteiger partial charge in [0, 0.05) is 33.6 Å². The number of hydrogen-bond donors (Lipinski definition) is 1. The van der Waals surface area contributed by atoms with Gasteiger partial charge in [0.05, 0.1) is 6.54 Å². The summed E-state index contributed by atoms with van der Waals surface area (Å²) in [5.41, 5.74) is -0.140. The summed E-state index contributed by atoms with van der Waals surface area (Å²) >= 11 is 12.2. The molecule has 148 valence electrons. The minimum Gasteiger partial charge on any atom is -0.308 e. The fraction of sp³-hybridized carbons (Fsp3) is 0.235. The van der Waals surface area contributed by atoms with Crippen molar-refractivity contribution in [2.24, 2.45) is 0 Å². The molecule has 28 heavy (non-hydrogen) atoms. The first-order valence-corrected chi connectivity index (χ1v) is 8.77. The van der Waals surface area contributed by atoms with E-state index in [9.17, 15) is 18.0 Å². The van der Waals surface area contributed by atoms with Crippen molar-refractivity contribution in [1.29, 1.82) is 0 Å². The Kier molecular flexibility index (Phi) is 5.66. The Morgan fingerprint density at radius 2 is 1.86 bits per heavy atom. The highest BCUT2D eigenvalue weighted by molar-refractivity contribution is 6.35. The number of carbonyl (C=O) groups is 1.